The van der Waals surface area contributed by atoms with Crippen molar-refractivity contribution >= 4 is 65.1 Å². The number of likely N-dealkylation sites (tertiary alicyclic amines) is 1. The number of nitrogens with zero attached hydrogens (tertiary/aromatic N) is 2. The summed E-state index contributed by atoms with van der Waals surface area (Å²) in [7, 11) is 0. The molecule has 0 radical (unpaired) electrons. The molecule has 0 bridgehead atoms. The van der Waals surface area contributed by atoms with Gasteiger partial charge in [0.15, 0.2) is 0 Å². The maximum atomic E-state index is 14.2. The van der Waals surface area contributed by atoms with E-state index in [1.807, 2.05) is 0 Å². The number of carboxylic acid groups (broad SMARTS) is 2. The van der Waals surface area contributed by atoms with E-state index in [1.54, 1.807) is 44.2 Å². The van der Waals surface area contributed by atoms with Crippen molar-refractivity contribution in [2.24, 2.45) is 17.4 Å². The van der Waals surface area contributed by atoms with Gasteiger partial charge in [-0.05, 0) is 57.9 Å². The first kappa shape index (κ1) is 57.8. The van der Waals surface area contributed by atoms with E-state index in [0.717, 1.165) is 4.90 Å². The Morgan fingerprint density at radius 3 is 1.83 bits per heavy atom. The van der Waals surface area contributed by atoms with Crippen LogP contribution >= 0.6 is 0 Å². The third-order valence-electron chi connectivity index (χ3n) is 11.4. The molecule has 0 spiro atoms. The quantitative estimate of drug-likeness (QED) is 0.0389. The normalized spacial score (nSPS) is 17.1. The summed E-state index contributed by atoms with van der Waals surface area (Å²) in [4.78, 5) is 151. The molecule has 9 amide bonds. The van der Waals surface area contributed by atoms with Crippen LogP contribution in [0.3, 0.4) is 0 Å². The average molecular weight is 999 g/mol. The van der Waals surface area contributed by atoms with Crippen molar-refractivity contribution in [3.63, 3.8) is 0 Å². The Morgan fingerprint density at radius 2 is 1.28 bits per heavy atom. The number of primary amides is 1. The molecule has 1 aliphatic rings. The summed E-state index contributed by atoms with van der Waals surface area (Å²) >= 11 is 0. The Labute approximate surface area is 408 Å². The summed E-state index contributed by atoms with van der Waals surface area (Å²) in [6.45, 7) is 7.03. The van der Waals surface area contributed by atoms with Gasteiger partial charge in [0.25, 0.3) is 0 Å². The standard InChI is InChI=1S/C45H66N12O14/c1-22(2)35(43(68)54-31(45(70)71)19-27-20-48-21-49-27)55-42(67)32-12-9-17-57(32)44(69)36(25(5)58)56-40(65)29(14-16-34(60)61)52-41(66)30(18-26-10-7-6-8-11-26)53-38(63)24(4)50-39(64)28(13-15-33(47)59)51-37(62)23(3)46/h6-8,10-11,20-25,28-32,35-36,58H,9,12-19,46H2,1-5H3,(H2,47,59)(H,48,49)(H,50,64)(H,51,62)(H,52,66)(H,53,63)(H,54,68)(H,55,67)(H,56,65)(H,60,61)(H,70,71)/t23-,24-,25+,28-,29-,30-,31-,32-,35-,36-/m0/s1. The van der Waals surface area contributed by atoms with Crippen LogP contribution in [-0.2, 0) is 65.6 Å². The van der Waals surface area contributed by atoms with E-state index in [0.29, 0.717) is 17.7 Å². The highest BCUT2D eigenvalue weighted by Gasteiger charge is 2.42. The Morgan fingerprint density at radius 1 is 0.704 bits per heavy atom. The molecule has 2 heterocycles. The predicted octanol–water partition coefficient (Wildman–Crippen LogP) is -3.80. The van der Waals surface area contributed by atoms with Gasteiger partial charge in [-0.15, -0.1) is 0 Å². The molecule has 3 rings (SSSR count). The van der Waals surface area contributed by atoms with E-state index in [9.17, 15) is 68.1 Å². The third kappa shape index (κ3) is 18.4. The lowest BCUT2D eigenvalue weighted by Gasteiger charge is -2.32. The minimum atomic E-state index is -1.75. The highest BCUT2D eigenvalue weighted by atomic mass is 16.4. The van der Waals surface area contributed by atoms with Gasteiger partial charge < -0.3 is 73.9 Å². The summed E-state index contributed by atoms with van der Waals surface area (Å²) < 4.78 is 0. The first-order chi connectivity index (χ1) is 33.4. The average Bonchev–Trinajstić information content (AvgIpc) is 4.02. The summed E-state index contributed by atoms with van der Waals surface area (Å²) in [5.41, 5.74) is 11.8. The second kappa shape index (κ2) is 27.6. The maximum absolute atomic E-state index is 14.2. The molecule has 1 aliphatic heterocycles. The van der Waals surface area contributed by atoms with Gasteiger partial charge in [-0.2, -0.15) is 0 Å². The maximum Gasteiger partial charge on any atom is 0.326 e. The fraction of sp³-hybridized carbons (Fsp3) is 0.556. The van der Waals surface area contributed by atoms with E-state index in [2.05, 4.69) is 47.2 Å². The van der Waals surface area contributed by atoms with Crippen molar-refractivity contribution in [1.82, 2.24) is 52.1 Å². The van der Waals surface area contributed by atoms with Crippen LogP contribution in [0.4, 0.5) is 0 Å². The number of nitrogens with one attached hydrogen (secondary N) is 8. The molecule has 2 aromatic rings. The fourth-order valence-corrected chi connectivity index (χ4v) is 7.39. The van der Waals surface area contributed by atoms with Crippen LogP contribution in [0.2, 0.25) is 0 Å². The smallest absolute Gasteiger partial charge is 0.326 e. The second-order valence-corrected chi connectivity index (χ2v) is 17.7. The minimum absolute atomic E-state index is 0.0195. The number of carbonyl (C=O) groups is 11. The monoisotopic (exact) mass is 998 g/mol. The molecule has 1 aromatic heterocycles. The van der Waals surface area contributed by atoms with E-state index >= 15 is 0 Å². The van der Waals surface area contributed by atoms with Crippen molar-refractivity contribution in [1.29, 1.82) is 0 Å². The first-order valence-electron chi connectivity index (χ1n) is 23.0. The molecule has 10 atom stereocenters. The zero-order valence-electron chi connectivity index (χ0n) is 40.1. The van der Waals surface area contributed by atoms with Gasteiger partial charge >= 0.3 is 11.9 Å². The molecular formula is C45H66N12O14. The molecule has 0 saturated carbocycles. The lowest BCUT2D eigenvalue weighted by Crippen LogP contribution is -2.62. The van der Waals surface area contributed by atoms with E-state index in [-0.39, 0.29) is 38.6 Å². The number of carboxylic acids is 2. The van der Waals surface area contributed by atoms with Crippen molar-refractivity contribution in [2.75, 3.05) is 6.54 Å². The van der Waals surface area contributed by atoms with Crippen LogP contribution in [0.25, 0.3) is 0 Å². The number of rotatable bonds is 28. The van der Waals surface area contributed by atoms with Gasteiger partial charge in [0.1, 0.15) is 48.3 Å². The lowest BCUT2D eigenvalue weighted by molar-refractivity contribution is -0.145. The van der Waals surface area contributed by atoms with Gasteiger partial charge in [0, 0.05) is 44.1 Å². The predicted molar refractivity (Wildman–Crippen MR) is 249 cm³/mol. The minimum Gasteiger partial charge on any atom is -0.481 e. The third-order valence-corrected chi connectivity index (χ3v) is 11.4. The van der Waals surface area contributed by atoms with Crippen LogP contribution in [-0.4, -0.2) is 162 Å². The van der Waals surface area contributed by atoms with Gasteiger partial charge in [0.2, 0.25) is 53.2 Å². The number of aromatic nitrogens is 2. The Bertz CT molecular complexity index is 2210. The Balaban J connectivity index is 1.81. The molecule has 1 fully saturated rings. The highest BCUT2D eigenvalue weighted by Crippen LogP contribution is 2.21. The number of aromatic amines is 1. The zero-order chi connectivity index (χ0) is 53.1. The zero-order valence-corrected chi connectivity index (χ0v) is 40.1. The van der Waals surface area contributed by atoms with Gasteiger partial charge in [-0.25, -0.2) is 9.78 Å². The van der Waals surface area contributed by atoms with Crippen molar-refractivity contribution in [3.8, 4) is 0 Å². The van der Waals surface area contributed by atoms with Crippen LogP contribution in [0, 0.1) is 5.92 Å². The lowest BCUT2D eigenvalue weighted by atomic mass is 10.0. The number of amides is 9. The summed E-state index contributed by atoms with van der Waals surface area (Å²) in [5.74, 6) is -11.1. The first-order valence-corrected chi connectivity index (χ1v) is 23.0. The van der Waals surface area contributed by atoms with E-state index in [1.165, 1.54) is 33.3 Å². The van der Waals surface area contributed by atoms with E-state index in [4.69, 9.17) is 11.5 Å². The number of H-pyrrole nitrogens is 1. The largest absolute Gasteiger partial charge is 0.481 e. The SMILES string of the molecule is CC(C)[C@H](NC(=O)[C@@H]1CCCN1C(=O)[C@@H](NC(=O)[C@H](CCC(=O)O)NC(=O)[C@H](Cc1ccccc1)NC(=O)[C@H](C)NC(=O)[C@H](CCC(N)=O)NC(=O)[C@H](C)N)[C@@H](C)O)C(=O)N[C@@H](Cc1cnc[nH]1)C(=O)O. The molecule has 71 heavy (non-hydrogen) atoms. The summed E-state index contributed by atoms with van der Waals surface area (Å²) in [5, 5.41) is 47.4. The number of nitrogens with two attached hydrogens (primary N) is 2. The second-order valence-electron chi connectivity index (χ2n) is 17.7. The number of benzene rings is 1. The molecular weight excluding hydrogens is 933 g/mol. The Kier molecular flexibility index (Phi) is 22.5. The molecule has 0 aliphatic carbocycles. The molecule has 26 nitrogen and oxygen atoms in total. The number of imidazole rings is 1. The van der Waals surface area contributed by atoms with Crippen LogP contribution in [0.5, 0.6) is 0 Å². The molecule has 1 saturated heterocycles. The number of aliphatic hydroxyl groups excluding tert-OH is 1. The van der Waals surface area contributed by atoms with Crippen molar-refractivity contribution < 1.29 is 68.1 Å². The fourth-order valence-electron chi connectivity index (χ4n) is 7.39. The van der Waals surface area contributed by atoms with Crippen molar-refractivity contribution in [2.45, 2.75) is 146 Å². The van der Waals surface area contributed by atoms with Gasteiger partial charge in [-0.1, -0.05) is 44.2 Å². The number of hydrogen-bond donors (Lipinski definition) is 13. The molecule has 15 N–H and O–H groups in total. The van der Waals surface area contributed by atoms with E-state index < -0.39 is 144 Å². The molecule has 26 heteroatoms. The number of aliphatic carboxylic acids is 2. The highest BCUT2D eigenvalue weighted by molar-refractivity contribution is 5.98. The Hall–Kier alpha value is -7.48. The number of carbonyl (C=O) groups excluding carboxylic acids is 9. The summed E-state index contributed by atoms with van der Waals surface area (Å²) in [6.07, 6.45) is -0.529. The number of hydrogen-bond acceptors (Lipinski definition) is 14. The van der Waals surface area contributed by atoms with Gasteiger partial charge in [0.05, 0.1) is 18.5 Å². The topological polar surface area (TPSA) is 417 Å². The molecule has 1 aromatic carbocycles. The van der Waals surface area contributed by atoms with Crippen LogP contribution in [0.15, 0.2) is 42.9 Å². The summed E-state index contributed by atoms with van der Waals surface area (Å²) in [6, 6.07) is -4.20. The van der Waals surface area contributed by atoms with Crippen LogP contribution in [0.1, 0.15) is 84.4 Å². The van der Waals surface area contributed by atoms with Gasteiger partial charge in [-0.3, -0.25) is 47.9 Å². The molecule has 0 unspecified atom stereocenters. The number of aliphatic hydroxyl groups is 1. The molecule has 390 valence electrons. The van der Waals surface area contributed by atoms with Crippen molar-refractivity contribution in [3.05, 3.63) is 54.1 Å². The van der Waals surface area contributed by atoms with Crippen LogP contribution < -0.4 is 48.7 Å².